The fourth-order valence-electron chi connectivity index (χ4n) is 1.95. The van der Waals surface area contributed by atoms with E-state index in [2.05, 4.69) is 9.97 Å². The van der Waals surface area contributed by atoms with Gasteiger partial charge in [0, 0.05) is 5.56 Å². The third-order valence-electron chi connectivity index (χ3n) is 3.35. The van der Waals surface area contributed by atoms with Crippen LogP contribution in [0.1, 0.15) is 34.4 Å². The number of nitrogens with zero attached hydrogens (tertiary/aromatic N) is 2. The number of benzene rings is 1. The molecule has 0 aliphatic carbocycles. The quantitative estimate of drug-likeness (QED) is 0.607. The van der Waals surface area contributed by atoms with Crippen molar-refractivity contribution in [3.05, 3.63) is 46.9 Å². The molecule has 0 aliphatic rings. The largest absolute Gasteiger partial charge is 0.461 e. The maximum atomic E-state index is 12.2. The van der Waals surface area contributed by atoms with Crippen LogP contribution in [0.5, 0.6) is 0 Å². The number of nitrogen functional groups attached to an aromatic ring is 1. The highest BCUT2D eigenvalue weighted by molar-refractivity contribution is 7.86. The zero-order chi connectivity index (χ0) is 18.6. The monoisotopic (exact) mass is 365 g/mol. The molecule has 0 saturated heterocycles. The van der Waals surface area contributed by atoms with Gasteiger partial charge in [-0.2, -0.15) is 8.42 Å². The van der Waals surface area contributed by atoms with E-state index >= 15 is 0 Å². The van der Waals surface area contributed by atoms with Crippen LogP contribution in [0, 0.1) is 13.8 Å². The van der Waals surface area contributed by atoms with E-state index in [1.54, 1.807) is 26.0 Å². The van der Waals surface area contributed by atoms with Gasteiger partial charge in [-0.15, -0.1) is 0 Å². The van der Waals surface area contributed by atoms with Gasteiger partial charge >= 0.3 is 5.97 Å². The van der Waals surface area contributed by atoms with Gasteiger partial charge < -0.3 is 10.5 Å². The van der Waals surface area contributed by atoms with Crippen LogP contribution in [-0.2, 0) is 25.6 Å². The molecular formula is C16H19N3O5S. The summed E-state index contributed by atoms with van der Waals surface area (Å²) in [6.45, 7) is 4.81. The second-order valence-electron chi connectivity index (χ2n) is 5.25. The van der Waals surface area contributed by atoms with E-state index in [1.807, 2.05) is 6.92 Å². The van der Waals surface area contributed by atoms with Crippen molar-refractivity contribution in [3.8, 4) is 0 Å². The Morgan fingerprint density at radius 2 is 1.80 bits per heavy atom. The molecule has 0 aliphatic heterocycles. The van der Waals surface area contributed by atoms with E-state index in [0.717, 1.165) is 5.56 Å². The van der Waals surface area contributed by atoms with Gasteiger partial charge in [-0.3, -0.25) is 4.18 Å². The number of esters is 1. The Labute approximate surface area is 146 Å². The number of rotatable bonds is 6. The fourth-order valence-corrected chi connectivity index (χ4v) is 2.81. The topological polar surface area (TPSA) is 121 Å². The molecule has 0 amide bonds. The average Bonchev–Trinajstić information content (AvgIpc) is 2.56. The lowest BCUT2D eigenvalue weighted by Crippen LogP contribution is -2.16. The summed E-state index contributed by atoms with van der Waals surface area (Å²) in [4.78, 5) is 19.9. The van der Waals surface area contributed by atoms with Crippen molar-refractivity contribution in [1.29, 1.82) is 0 Å². The lowest BCUT2D eigenvalue weighted by Gasteiger charge is -2.10. The second-order valence-corrected chi connectivity index (χ2v) is 6.86. The number of aryl methyl sites for hydroxylation is 1. The number of hydrogen-bond acceptors (Lipinski definition) is 8. The highest BCUT2D eigenvalue weighted by Gasteiger charge is 2.20. The van der Waals surface area contributed by atoms with Crippen LogP contribution in [0.15, 0.2) is 29.2 Å². The number of carbonyl (C=O) groups is 1. The van der Waals surface area contributed by atoms with Crippen LogP contribution in [0.2, 0.25) is 0 Å². The summed E-state index contributed by atoms with van der Waals surface area (Å²) in [5.74, 6) is -0.622. The molecule has 0 fully saturated rings. The zero-order valence-electron chi connectivity index (χ0n) is 14.1. The SMILES string of the molecule is CCOC(=O)c1nc(COS(=O)(=O)c2ccc(C)cc2)nc(N)c1C. The second kappa shape index (κ2) is 7.58. The molecule has 0 bridgehead atoms. The predicted octanol–water partition coefficient (Wildman–Crippen LogP) is 1.76. The maximum absolute atomic E-state index is 12.2. The van der Waals surface area contributed by atoms with Gasteiger partial charge in [0.25, 0.3) is 10.1 Å². The van der Waals surface area contributed by atoms with E-state index in [9.17, 15) is 13.2 Å². The molecule has 1 aromatic heterocycles. The number of carbonyl (C=O) groups excluding carboxylic acids is 1. The first-order chi connectivity index (χ1) is 11.7. The molecular weight excluding hydrogens is 346 g/mol. The van der Waals surface area contributed by atoms with E-state index in [1.165, 1.54) is 12.1 Å². The first-order valence-electron chi connectivity index (χ1n) is 7.50. The number of ether oxygens (including phenoxy) is 1. The first-order valence-corrected chi connectivity index (χ1v) is 8.91. The van der Waals surface area contributed by atoms with Gasteiger partial charge in [0.15, 0.2) is 11.5 Å². The molecule has 0 spiro atoms. The Morgan fingerprint density at radius 1 is 1.16 bits per heavy atom. The Hall–Kier alpha value is -2.52. The molecule has 2 rings (SSSR count). The van der Waals surface area contributed by atoms with E-state index < -0.39 is 22.7 Å². The third kappa shape index (κ3) is 4.52. The minimum absolute atomic E-state index is 0.0133. The Balaban J connectivity index is 2.23. The highest BCUT2D eigenvalue weighted by Crippen LogP contribution is 2.17. The third-order valence-corrected chi connectivity index (χ3v) is 4.63. The lowest BCUT2D eigenvalue weighted by molar-refractivity contribution is 0.0517. The Bertz CT molecular complexity index is 879. The normalized spacial score (nSPS) is 11.3. The average molecular weight is 365 g/mol. The Kier molecular flexibility index (Phi) is 5.70. The smallest absolute Gasteiger partial charge is 0.357 e. The van der Waals surface area contributed by atoms with E-state index in [-0.39, 0.29) is 28.8 Å². The van der Waals surface area contributed by atoms with Crippen molar-refractivity contribution in [2.75, 3.05) is 12.3 Å². The van der Waals surface area contributed by atoms with Gasteiger partial charge in [0.2, 0.25) is 0 Å². The van der Waals surface area contributed by atoms with Crippen LogP contribution in [0.25, 0.3) is 0 Å². The molecule has 2 aromatic rings. The highest BCUT2D eigenvalue weighted by atomic mass is 32.2. The molecule has 2 N–H and O–H groups in total. The summed E-state index contributed by atoms with van der Waals surface area (Å²) < 4.78 is 34.3. The molecule has 0 atom stereocenters. The minimum atomic E-state index is -3.98. The molecule has 25 heavy (non-hydrogen) atoms. The van der Waals surface area contributed by atoms with E-state index in [0.29, 0.717) is 5.56 Å². The van der Waals surface area contributed by atoms with Gasteiger partial charge in [-0.1, -0.05) is 17.7 Å². The molecule has 0 radical (unpaired) electrons. The summed E-state index contributed by atoms with van der Waals surface area (Å²) >= 11 is 0. The molecule has 1 aromatic carbocycles. The van der Waals surface area contributed by atoms with Gasteiger partial charge in [0.1, 0.15) is 12.4 Å². The maximum Gasteiger partial charge on any atom is 0.357 e. The van der Waals surface area contributed by atoms with Crippen LogP contribution >= 0.6 is 0 Å². The molecule has 0 saturated carbocycles. The number of nitrogens with two attached hydrogens (primary N) is 1. The molecule has 9 heteroatoms. The summed E-state index contributed by atoms with van der Waals surface area (Å²) in [5, 5.41) is 0. The molecule has 1 heterocycles. The van der Waals surface area contributed by atoms with Crippen molar-refractivity contribution in [2.45, 2.75) is 32.3 Å². The number of anilines is 1. The number of aromatic nitrogens is 2. The minimum Gasteiger partial charge on any atom is -0.461 e. The van der Waals surface area contributed by atoms with Crippen molar-refractivity contribution in [2.24, 2.45) is 0 Å². The van der Waals surface area contributed by atoms with Crippen molar-refractivity contribution < 1.29 is 22.1 Å². The first kappa shape index (κ1) is 18.8. The van der Waals surface area contributed by atoms with Crippen molar-refractivity contribution in [1.82, 2.24) is 9.97 Å². The lowest BCUT2D eigenvalue weighted by atomic mass is 10.2. The summed E-state index contributed by atoms with van der Waals surface area (Å²) in [7, 11) is -3.98. The van der Waals surface area contributed by atoms with Crippen LogP contribution < -0.4 is 5.73 Å². The zero-order valence-corrected chi connectivity index (χ0v) is 15.0. The number of hydrogen-bond donors (Lipinski definition) is 1. The molecule has 134 valence electrons. The van der Waals surface area contributed by atoms with Crippen LogP contribution in [0.4, 0.5) is 5.82 Å². The van der Waals surface area contributed by atoms with Crippen molar-refractivity contribution in [3.63, 3.8) is 0 Å². The standard InChI is InChI=1S/C16H19N3O5S/c1-4-23-16(20)14-11(3)15(17)19-13(18-14)9-24-25(21,22)12-7-5-10(2)6-8-12/h5-8H,4,9H2,1-3H3,(H2,17,18,19). The Morgan fingerprint density at radius 3 is 2.40 bits per heavy atom. The summed E-state index contributed by atoms with van der Waals surface area (Å²) in [6, 6.07) is 6.21. The van der Waals surface area contributed by atoms with Crippen molar-refractivity contribution >= 4 is 21.9 Å². The summed E-state index contributed by atoms with van der Waals surface area (Å²) in [5.41, 5.74) is 7.03. The van der Waals surface area contributed by atoms with Crippen LogP contribution in [-0.4, -0.2) is 31.0 Å². The summed E-state index contributed by atoms with van der Waals surface area (Å²) in [6.07, 6.45) is 0. The van der Waals surface area contributed by atoms with Crippen LogP contribution in [0.3, 0.4) is 0 Å². The molecule has 0 unspecified atom stereocenters. The van der Waals surface area contributed by atoms with E-state index in [4.69, 9.17) is 14.7 Å². The van der Waals surface area contributed by atoms with Gasteiger partial charge in [0.05, 0.1) is 11.5 Å². The van der Waals surface area contributed by atoms with Gasteiger partial charge in [-0.25, -0.2) is 14.8 Å². The molecule has 8 nitrogen and oxygen atoms in total. The van der Waals surface area contributed by atoms with Gasteiger partial charge in [-0.05, 0) is 32.9 Å². The predicted molar refractivity (Wildman–Crippen MR) is 90.3 cm³/mol. The fraction of sp³-hybridized carbons (Fsp3) is 0.312.